The molecule has 0 amide bonds. The van der Waals surface area contributed by atoms with Gasteiger partial charge in [0.1, 0.15) is 0 Å². The predicted octanol–water partition coefficient (Wildman–Crippen LogP) is 3.02. The molecule has 1 atom stereocenters. The quantitative estimate of drug-likeness (QED) is 0.598. The van der Waals surface area contributed by atoms with E-state index in [0.29, 0.717) is 18.5 Å². The van der Waals surface area contributed by atoms with Gasteiger partial charge in [-0.15, -0.1) is 0 Å². The van der Waals surface area contributed by atoms with Crippen LogP contribution in [0.1, 0.15) is 44.1 Å². The van der Waals surface area contributed by atoms with Crippen LogP contribution in [-0.4, -0.2) is 22.7 Å². The molecule has 0 aliphatic heterocycles. The van der Waals surface area contributed by atoms with E-state index in [-0.39, 0.29) is 17.2 Å². The highest BCUT2D eigenvalue weighted by atomic mass is 16.6. The van der Waals surface area contributed by atoms with Gasteiger partial charge in [-0.05, 0) is 30.7 Å². The standard InChI is InChI=1S/C16H24N2O3/c19-10-9-16(14-6-2-1-3-7-14)17-12-13-5-4-8-15(11-13)18(20)21/h4-5,8,11,14,16-17,19H,1-3,6-7,9-10,12H2. The fourth-order valence-corrected chi connectivity index (χ4v) is 3.21. The lowest BCUT2D eigenvalue weighted by molar-refractivity contribution is -0.384. The number of nitrogens with zero attached hydrogens (tertiary/aromatic N) is 1. The summed E-state index contributed by atoms with van der Waals surface area (Å²) in [5.74, 6) is 0.615. The summed E-state index contributed by atoms with van der Waals surface area (Å²) in [4.78, 5) is 10.4. The molecule has 5 heteroatoms. The van der Waals surface area contributed by atoms with E-state index in [9.17, 15) is 15.2 Å². The molecule has 116 valence electrons. The van der Waals surface area contributed by atoms with Gasteiger partial charge in [-0.2, -0.15) is 0 Å². The highest BCUT2D eigenvalue weighted by molar-refractivity contribution is 5.34. The van der Waals surface area contributed by atoms with Crippen LogP contribution in [0.3, 0.4) is 0 Å². The zero-order chi connectivity index (χ0) is 15.1. The highest BCUT2D eigenvalue weighted by Gasteiger charge is 2.22. The molecule has 1 unspecified atom stereocenters. The topological polar surface area (TPSA) is 75.4 Å². The Labute approximate surface area is 125 Å². The van der Waals surface area contributed by atoms with Crippen LogP contribution in [0.25, 0.3) is 0 Å². The van der Waals surface area contributed by atoms with Crippen molar-refractivity contribution in [3.63, 3.8) is 0 Å². The summed E-state index contributed by atoms with van der Waals surface area (Å²) < 4.78 is 0. The van der Waals surface area contributed by atoms with E-state index in [4.69, 9.17) is 0 Å². The van der Waals surface area contributed by atoms with Gasteiger partial charge in [0.05, 0.1) is 4.92 Å². The van der Waals surface area contributed by atoms with Gasteiger partial charge in [0.2, 0.25) is 0 Å². The van der Waals surface area contributed by atoms with Gasteiger partial charge in [-0.1, -0.05) is 31.4 Å². The van der Waals surface area contributed by atoms with E-state index in [1.54, 1.807) is 12.1 Å². The number of nitrogens with one attached hydrogen (secondary N) is 1. The number of nitro groups is 1. The first-order valence-corrected chi connectivity index (χ1v) is 7.78. The van der Waals surface area contributed by atoms with Crippen LogP contribution in [0.2, 0.25) is 0 Å². The van der Waals surface area contributed by atoms with E-state index in [1.807, 2.05) is 6.07 Å². The van der Waals surface area contributed by atoms with Crippen LogP contribution in [0.5, 0.6) is 0 Å². The van der Waals surface area contributed by atoms with Crippen LogP contribution in [0.4, 0.5) is 5.69 Å². The summed E-state index contributed by atoms with van der Waals surface area (Å²) in [7, 11) is 0. The minimum absolute atomic E-state index is 0.130. The molecular weight excluding hydrogens is 268 g/mol. The number of non-ortho nitro benzene ring substituents is 1. The van der Waals surface area contributed by atoms with Gasteiger partial charge in [-0.25, -0.2) is 0 Å². The zero-order valence-corrected chi connectivity index (χ0v) is 12.3. The molecule has 1 aromatic rings. The minimum Gasteiger partial charge on any atom is -0.396 e. The Bertz CT molecular complexity index is 459. The summed E-state index contributed by atoms with van der Waals surface area (Å²) in [5.41, 5.74) is 1.05. The number of benzene rings is 1. The Morgan fingerprint density at radius 3 is 2.76 bits per heavy atom. The molecule has 21 heavy (non-hydrogen) atoms. The predicted molar refractivity (Wildman–Crippen MR) is 82.0 cm³/mol. The Morgan fingerprint density at radius 2 is 2.10 bits per heavy atom. The summed E-state index contributed by atoms with van der Waals surface area (Å²) in [6.45, 7) is 0.798. The van der Waals surface area contributed by atoms with Crippen molar-refractivity contribution in [1.82, 2.24) is 5.32 Å². The summed E-state index contributed by atoms with van der Waals surface area (Å²) in [6, 6.07) is 7.04. The number of hydrogen-bond donors (Lipinski definition) is 2. The fourth-order valence-electron chi connectivity index (χ4n) is 3.21. The van der Waals surface area contributed by atoms with Crippen LogP contribution in [-0.2, 0) is 6.54 Å². The molecule has 0 bridgehead atoms. The van der Waals surface area contributed by atoms with E-state index in [0.717, 1.165) is 12.0 Å². The number of nitro benzene ring substituents is 1. The number of aliphatic hydroxyl groups excluding tert-OH is 1. The molecule has 1 aliphatic rings. The number of rotatable bonds is 7. The lowest BCUT2D eigenvalue weighted by atomic mass is 9.82. The van der Waals surface area contributed by atoms with Crippen molar-refractivity contribution in [2.45, 2.75) is 51.1 Å². The maximum Gasteiger partial charge on any atom is 0.269 e. The maximum atomic E-state index is 10.8. The maximum absolute atomic E-state index is 10.8. The van der Waals surface area contributed by atoms with Gasteiger partial charge < -0.3 is 10.4 Å². The lowest BCUT2D eigenvalue weighted by Crippen LogP contribution is -2.37. The summed E-state index contributed by atoms with van der Waals surface area (Å²) in [6.07, 6.45) is 7.03. The third-order valence-corrected chi connectivity index (χ3v) is 4.35. The van der Waals surface area contributed by atoms with E-state index < -0.39 is 0 Å². The molecule has 2 N–H and O–H groups in total. The molecule has 0 heterocycles. The first-order valence-electron chi connectivity index (χ1n) is 7.78. The summed E-state index contributed by atoms with van der Waals surface area (Å²) in [5, 5.41) is 23.5. The molecule has 0 spiro atoms. The number of aliphatic hydroxyl groups is 1. The Morgan fingerprint density at radius 1 is 1.33 bits per heavy atom. The van der Waals surface area contributed by atoms with Gasteiger partial charge in [0.15, 0.2) is 0 Å². The SMILES string of the molecule is O=[N+]([O-])c1cccc(CNC(CCO)C2CCCCC2)c1. The molecule has 0 saturated heterocycles. The van der Waals surface area contributed by atoms with E-state index >= 15 is 0 Å². The van der Waals surface area contributed by atoms with Crippen molar-refractivity contribution >= 4 is 5.69 Å². The lowest BCUT2D eigenvalue weighted by Gasteiger charge is -2.30. The molecule has 5 nitrogen and oxygen atoms in total. The number of hydrogen-bond acceptors (Lipinski definition) is 4. The second-order valence-electron chi connectivity index (χ2n) is 5.82. The van der Waals surface area contributed by atoms with Crippen LogP contribution >= 0.6 is 0 Å². The van der Waals surface area contributed by atoms with Crippen LogP contribution < -0.4 is 5.32 Å². The molecule has 1 aliphatic carbocycles. The van der Waals surface area contributed by atoms with E-state index in [2.05, 4.69) is 5.32 Å². The highest BCUT2D eigenvalue weighted by Crippen LogP contribution is 2.28. The van der Waals surface area contributed by atoms with Gasteiger partial charge >= 0.3 is 0 Å². The minimum atomic E-state index is -0.365. The van der Waals surface area contributed by atoms with Gasteiger partial charge in [0.25, 0.3) is 5.69 Å². The largest absolute Gasteiger partial charge is 0.396 e. The second-order valence-corrected chi connectivity index (χ2v) is 5.82. The Balaban J connectivity index is 1.94. The van der Waals surface area contributed by atoms with Crippen LogP contribution in [0, 0.1) is 16.0 Å². The van der Waals surface area contributed by atoms with Crippen molar-refractivity contribution in [2.24, 2.45) is 5.92 Å². The first-order chi connectivity index (χ1) is 10.2. The molecule has 1 aromatic carbocycles. The summed E-state index contributed by atoms with van der Waals surface area (Å²) >= 11 is 0. The third-order valence-electron chi connectivity index (χ3n) is 4.35. The van der Waals surface area contributed by atoms with Crippen molar-refractivity contribution in [3.8, 4) is 0 Å². The monoisotopic (exact) mass is 292 g/mol. The first kappa shape index (κ1) is 15.9. The molecule has 0 aromatic heterocycles. The average molecular weight is 292 g/mol. The van der Waals surface area contributed by atoms with Crippen molar-refractivity contribution in [1.29, 1.82) is 0 Å². The Hall–Kier alpha value is -1.46. The molecule has 2 rings (SSSR count). The third kappa shape index (κ3) is 4.79. The zero-order valence-electron chi connectivity index (χ0n) is 12.3. The normalized spacial score (nSPS) is 17.6. The molecule has 1 fully saturated rings. The van der Waals surface area contributed by atoms with Gasteiger partial charge in [0, 0.05) is 31.3 Å². The molecule has 0 radical (unpaired) electrons. The van der Waals surface area contributed by atoms with Crippen LogP contribution in [0.15, 0.2) is 24.3 Å². The van der Waals surface area contributed by atoms with Crippen molar-refractivity contribution in [3.05, 3.63) is 39.9 Å². The van der Waals surface area contributed by atoms with E-state index in [1.165, 1.54) is 38.2 Å². The second kappa shape index (κ2) is 8.10. The van der Waals surface area contributed by atoms with Gasteiger partial charge in [-0.3, -0.25) is 10.1 Å². The average Bonchev–Trinajstić information content (AvgIpc) is 2.52. The van der Waals surface area contributed by atoms with Crippen molar-refractivity contribution < 1.29 is 10.0 Å². The molecular formula is C16H24N2O3. The smallest absolute Gasteiger partial charge is 0.269 e. The Kier molecular flexibility index (Phi) is 6.14. The molecule has 1 saturated carbocycles. The van der Waals surface area contributed by atoms with Crippen molar-refractivity contribution in [2.75, 3.05) is 6.61 Å². The fraction of sp³-hybridized carbons (Fsp3) is 0.625.